The van der Waals surface area contributed by atoms with Crippen LogP contribution in [-0.4, -0.2) is 78.6 Å². The minimum absolute atomic E-state index is 0.112. The number of carbonyl (C=O) groups excluding carboxylic acids is 3. The van der Waals surface area contributed by atoms with Crippen molar-refractivity contribution in [3.63, 3.8) is 0 Å². The number of aliphatic hydroxyl groups excluding tert-OH is 1. The molecule has 3 aromatic rings. The first-order chi connectivity index (χ1) is 21.1. The number of fused-ring (bicyclic) bond motifs is 2. The Balaban J connectivity index is 1.33. The predicted molar refractivity (Wildman–Crippen MR) is 161 cm³/mol. The zero-order valence-electron chi connectivity index (χ0n) is 24.5. The second kappa shape index (κ2) is 13.1. The van der Waals surface area contributed by atoms with Gasteiger partial charge in [0.15, 0.2) is 11.5 Å². The Hall–Kier alpha value is -5.04. The van der Waals surface area contributed by atoms with Crippen molar-refractivity contribution in [1.82, 2.24) is 9.80 Å². The molecule has 5 rings (SSSR count). The third kappa shape index (κ3) is 6.94. The van der Waals surface area contributed by atoms with Crippen molar-refractivity contribution in [2.45, 2.75) is 26.0 Å². The quantitative estimate of drug-likeness (QED) is 0.308. The minimum atomic E-state index is -0.538. The van der Waals surface area contributed by atoms with Crippen LogP contribution >= 0.6 is 0 Å². The summed E-state index contributed by atoms with van der Waals surface area (Å²) in [5.74, 6) is 0.376. The normalized spacial score (nSPS) is 17.8. The summed E-state index contributed by atoms with van der Waals surface area (Å²) in [5.41, 5.74) is 1.47. The van der Waals surface area contributed by atoms with Crippen molar-refractivity contribution in [3.8, 4) is 17.2 Å². The van der Waals surface area contributed by atoms with E-state index in [2.05, 4.69) is 16.0 Å². The number of hydrogen-bond acceptors (Lipinski definition) is 7. The zero-order valence-corrected chi connectivity index (χ0v) is 24.5. The summed E-state index contributed by atoms with van der Waals surface area (Å²) in [7, 11) is 1.61. The van der Waals surface area contributed by atoms with Gasteiger partial charge in [-0.3, -0.25) is 4.79 Å². The molecule has 0 spiro atoms. The Labute approximate surface area is 253 Å². The molecule has 3 atom stereocenters. The number of halogens is 1. The molecule has 0 bridgehead atoms. The fourth-order valence-corrected chi connectivity index (χ4v) is 4.89. The van der Waals surface area contributed by atoms with Crippen LogP contribution < -0.4 is 30.2 Å². The van der Waals surface area contributed by atoms with Crippen LogP contribution in [0.2, 0.25) is 0 Å². The summed E-state index contributed by atoms with van der Waals surface area (Å²) < 4.78 is 30.2. The monoisotopic (exact) mass is 607 g/mol. The molecule has 4 N–H and O–H groups in total. The van der Waals surface area contributed by atoms with Crippen molar-refractivity contribution >= 4 is 35.0 Å². The van der Waals surface area contributed by atoms with Crippen molar-refractivity contribution in [1.29, 1.82) is 0 Å². The highest BCUT2D eigenvalue weighted by Crippen LogP contribution is 2.34. The van der Waals surface area contributed by atoms with Crippen LogP contribution in [-0.2, 0) is 0 Å². The van der Waals surface area contributed by atoms with E-state index in [1.165, 1.54) is 35.2 Å². The Morgan fingerprint density at radius 3 is 2.32 bits per heavy atom. The highest BCUT2D eigenvalue weighted by Gasteiger charge is 2.34. The number of aliphatic hydroxyl groups is 1. The van der Waals surface area contributed by atoms with Crippen molar-refractivity contribution in [3.05, 3.63) is 72.0 Å². The van der Waals surface area contributed by atoms with Crippen LogP contribution in [0.15, 0.2) is 60.7 Å². The molecular formula is C31H34FN5O7. The Kier molecular flexibility index (Phi) is 9.04. The van der Waals surface area contributed by atoms with Gasteiger partial charge in [-0.05, 0) is 61.5 Å². The average molecular weight is 608 g/mol. The largest absolute Gasteiger partial charge is 0.487 e. The lowest BCUT2D eigenvalue weighted by Gasteiger charge is -2.38. The van der Waals surface area contributed by atoms with Gasteiger partial charge in [-0.15, -0.1) is 0 Å². The Bertz CT molecular complexity index is 1540. The van der Waals surface area contributed by atoms with Gasteiger partial charge in [0.25, 0.3) is 5.91 Å². The van der Waals surface area contributed by atoms with Gasteiger partial charge in [-0.2, -0.15) is 0 Å². The van der Waals surface area contributed by atoms with Crippen molar-refractivity contribution in [2.75, 3.05) is 49.5 Å². The van der Waals surface area contributed by atoms with E-state index in [4.69, 9.17) is 14.2 Å². The molecule has 0 aliphatic carbocycles. The molecule has 2 aliphatic heterocycles. The number of rotatable bonds is 7. The summed E-state index contributed by atoms with van der Waals surface area (Å²) in [6.45, 7) is 3.92. The molecular weight excluding hydrogens is 573 g/mol. The number of nitrogens with zero attached hydrogens (tertiary/aromatic N) is 2. The highest BCUT2D eigenvalue weighted by atomic mass is 19.1. The molecule has 232 valence electrons. The van der Waals surface area contributed by atoms with E-state index in [1.54, 1.807) is 49.2 Å². The average Bonchev–Trinajstić information content (AvgIpc) is 3.48. The molecule has 0 unspecified atom stereocenters. The highest BCUT2D eigenvalue weighted by molar-refractivity contribution is 6.02. The Morgan fingerprint density at radius 1 is 0.977 bits per heavy atom. The first-order valence-corrected chi connectivity index (χ1v) is 14.1. The number of urea groups is 2. The SMILES string of the molecule is C[C@H](CO)N1C[C@H](C)[C@@H](CN(C)C(=O)Nc2ccc(F)cc2)Oc2ccc(NC(=O)Nc3ccc4c(c3)OCO4)cc2C1=O. The van der Waals surface area contributed by atoms with Crippen LogP contribution in [0.3, 0.4) is 0 Å². The van der Waals surface area contributed by atoms with Gasteiger partial charge >= 0.3 is 12.1 Å². The summed E-state index contributed by atoms with van der Waals surface area (Å²) >= 11 is 0. The van der Waals surface area contributed by atoms with E-state index in [0.717, 1.165) is 0 Å². The number of hydrogen-bond donors (Lipinski definition) is 4. The van der Waals surface area contributed by atoms with Crippen LogP contribution in [0.1, 0.15) is 24.2 Å². The molecule has 0 saturated carbocycles. The smallest absolute Gasteiger partial charge is 0.323 e. The van der Waals surface area contributed by atoms with E-state index in [-0.39, 0.29) is 49.6 Å². The topological polar surface area (TPSA) is 142 Å². The summed E-state index contributed by atoms with van der Waals surface area (Å²) in [4.78, 5) is 42.4. The van der Waals surface area contributed by atoms with Crippen LogP contribution in [0.4, 0.5) is 31.0 Å². The number of benzene rings is 3. The lowest BCUT2D eigenvalue weighted by molar-refractivity contribution is 0.0371. The Morgan fingerprint density at radius 2 is 1.61 bits per heavy atom. The summed E-state index contributed by atoms with van der Waals surface area (Å²) in [6, 6.07) is 13.7. The maximum atomic E-state index is 13.7. The molecule has 2 heterocycles. The second-order valence-corrected chi connectivity index (χ2v) is 10.8. The third-order valence-corrected chi connectivity index (χ3v) is 7.45. The number of anilines is 3. The third-order valence-electron chi connectivity index (χ3n) is 7.45. The van der Waals surface area contributed by atoms with Gasteiger partial charge in [0.1, 0.15) is 17.7 Å². The second-order valence-electron chi connectivity index (χ2n) is 10.8. The lowest BCUT2D eigenvalue weighted by atomic mass is 9.99. The molecule has 44 heavy (non-hydrogen) atoms. The number of amides is 5. The molecule has 3 aromatic carbocycles. The first kappa shape index (κ1) is 30.4. The fourth-order valence-electron chi connectivity index (χ4n) is 4.89. The molecule has 12 nitrogen and oxygen atoms in total. The van der Waals surface area contributed by atoms with Crippen LogP contribution in [0.25, 0.3) is 0 Å². The molecule has 0 aromatic heterocycles. The maximum absolute atomic E-state index is 13.7. The molecule has 2 aliphatic rings. The number of carbonyl (C=O) groups is 3. The number of ether oxygens (including phenoxy) is 3. The van der Waals surface area contributed by atoms with Gasteiger partial charge in [-0.25, -0.2) is 14.0 Å². The van der Waals surface area contributed by atoms with Crippen LogP contribution in [0.5, 0.6) is 17.2 Å². The van der Waals surface area contributed by atoms with Crippen molar-refractivity contribution < 1.29 is 38.1 Å². The lowest BCUT2D eigenvalue weighted by Crippen LogP contribution is -2.50. The maximum Gasteiger partial charge on any atom is 0.323 e. The standard InChI is InChI=1S/C31H34FN5O7/c1-18-14-37(19(2)16-38)29(39)24-12-22(33-30(40)34-23-9-11-26-27(13-23)43-17-42-26)8-10-25(24)44-28(18)15-36(3)31(41)35-21-6-4-20(32)5-7-21/h4-13,18-19,28,38H,14-17H2,1-3H3,(H,35,41)(H2,33,34,40)/t18-,19+,28+/m0/s1. The summed E-state index contributed by atoms with van der Waals surface area (Å²) in [5, 5.41) is 18.1. The molecule has 0 fully saturated rings. The molecule has 5 amide bonds. The predicted octanol–water partition coefficient (Wildman–Crippen LogP) is 4.58. The van der Waals surface area contributed by atoms with Gasteiger partial charge < -0.3 is 45.1 Å². The number of nitrogens with one attached hydrogen (secondary N) is 3. The van der Waals surface area contributed by atoms with Gasteiger partial charge in [-0.1, -0.05) is 6.92 Å². The minimum Gasteiger partial charge on any atom is -0.487 e. The van der Waals surface area contributed by atoms with Gasteiger partial charge in [0, 0.05) is 42.6 Å². The fraction of sp³-hybridized carbons (Fsp3) is 0.323. The van der Waals surface area contributed by atoms with Crippen LogP contribution in [0, 0.1) is 11.7 Å². The number of likely N-dealkylation sites (N-methyl/N-ethyl adjacent to an activating group) is 1. The van der Waals surface area contributed by atoms with Crippen molar-refractivity contribution in [2.24, 2.45) is 5.92 Å². The van der Waals surface area contributed by atoms with Gasteiger partial charge in [0.2, 0.25) is 6.79 Å². The zero-order chi connectivity index (χ0) is 31.4. The molecule has 13 heteroatoms. The summed E-state index contributed by atoms with van der Waals surface area (Å²) in [6.07, 6.45) is -0.535. The van der Waals surface area contributed by atoms with E-state index in [9.17, 15) is 23.9 Å². The van der Waals surface area contributed by atoms with Gasteiger partial charge in [0.05, 0.1) is 24.8 Å². The van der Waals surface area contributed by atoms with E-state index in [1.807, 2.05) is 6.92 Å². The van der Waals surface area contributed by atoms with E-state index >= 15 is 0 Å². The molecule has 0 saturated heterocycles. The van der Waals surface area contributed by atoms with E-state index in [0.29, 0.717) is 28.6 Å². The molecule has 0 radical (unpaired) electrons. The first-order valence-electron chi connectivity index (χ1n) is 14.1. The van der Waals surface area contributed by atoms with E-state index < -0.39 is 30.0 Å².